The average Bonchev–Trinajstić information content (AvgIpc) is 2.89. The lowest BCUT2D eigenvalue weighted by atomic mass is 10.2. The van der Waals surface area contributed by atoms with Gasteiger partial charge in [0.25, 0.3) is 11.5 Å². The van der Waals surface area contributed by atoms with Gasteiger partial charge in [-0.15, -0.1) is 0 Å². The van der Waals surface area contributed by atoms with Crippen LogP contribution >= 0.6 is 0 Å². The minimum Gasteiger partial charge on any atom is -0.379 e. The summed E-state index contributed by atoms with van der Waals surface area (Å²) in [6.45, 7) is 8.34. The summed E-state index contributed by atoms with van der Waals surface area (Å²) < 4.78 is 14.0. The van der Waals surface area contributed by atoms with E-state index >= 15 is 0 Å². The molecular formula is C24H31N7O4. The number of ether oxygens (including phenoxy) is 2. The van der Waals surface area contributed by atoms with Crippen molar-refractivity contribution in [3.63, 3.8) is 0 Å². The third-order valence-electron chi connectivity index (χ3n) is 6.62. The Morgan fingerprint density at radius 1 is 1.00 bits per heavy atom. The maximum absolute atomic E-state index is 13.3. The second kappa shape index (κ2) is 10.6. The summed E-state index contributed by atoms with van der Waals surface area (Å²) in [5.74, 6) is -0.358. The number of amides is 1. The van der Waals surface area contributed by atoms with Crippen molar-refractivity contribution in [2.45, 2.75) is 6.54 Å². The van der Waals surface area contributed by atoms with Gasteiger partial charge in [0, 0.05) is 58.6 Å². The number of carbonyl (C=O) groups excluding carboxylic acids is 1. The Balaban J connectivity index is 1.47. The maximum Gasteiger partial charge on any atom is 0.267 e. The van der Waals surface area contributed by atoms with Crippen LogP contribution in [0.1, 0.15) is 10.4 Å². The van der Waals surface area contributed by atoms with Gasteiger partial charge in [-0.2, -0.15) is 0 Å². The van der Waals surface area contributed by atoms with Gasteiger partial charge in [-0.05, 0) is 18.2 Å². The molecule has 1 amide bonds. The van der Waals surface area contributed by atoms with Crippen LogP contribution in [-0.4, -0.2) is 102 Å². The Labute approximate surface area is 202 Å². The molecule has 35 heavy (non-hydrogen) atoms. The molecule has 11 heteroatoms. The highest BCUT2D eigenvalue weighted by Gasteiger charge is 2.19. The number of hydrogen-bond donors (Lipinski definition) is 2. The van der Waals surface area contributed by atoms with E-state index in [2.05, 4.69) is 15.1 Å². The highest BCUT2D eigenvalue weighted by Crippen LogP contribution is 2.11. The molecule has 5 rings (SSSR count). The monoisotopic (exact) mass is 481 g/mol. The molecule has 2 N–H and O–H groups in total. The number of pyridine rings is 2. The molecule has 0 unspecified atom stereocenters. The number of nitrogens with zero attached hydrogens (tertiary/aromatic N) is 5. The summed E-state index contributed by atoms with van der Waals surface area (Å²) in [5, 5.41) is 12.1. The minimum atomic E-state index is -0.358. The number of morpholine rings is 2. The third-order valence-corrected chi connectivity index (χ3v) is 6.62. The average molecular weight is 482 g/mol. The number of carbonyl (C=O) groups is 1. The lowest BCUT2D eigenvalue weighted by molar-refractivity contribution is 0.0363. The lowest BCUT2D eigenvalue weighted by Crippen LogP contribution is -2.43. The van der Waals surface area contributed by atoms with Crippen LogP contribution in [0.5, 0.6) is 0 Å². The Bertz CT molecular complexity index is 1320. The topological polar surface area (TPSA) is 117 Å². The smallest absolute Gasteiger partial charge is 0.267 e. The van der Waals surface area contributed by atoms with Gasteiger partial charge < -0.3 is 19.4 Å². The zero-order valence-corrected chi connectivity index (χ0v) is 19.7. The van der Waals surface area contributed by atoms with Crippen molar-refractivity contribution in [1.82, 2.24) is 29.1 Å². The molecule has 0 aliphatic carbocycles. The van der Waals surface area contributed by atoms with E-state index in [9.17, 15) is 9.59 Å². The highest BCUT2D eigenvalue weighted by molar-refractivity contribution is 5.96. The van der Waals surface area contributed by atoms with Crippen molar-refractivity contribution in [1.29, 1.82) is 5.41 Å². The number of aromatic nitrogens is 3. The summed E-state index contributed by atoms with van der Waals surface area (Å²) in [6, 6.07) is 6.88. The summed E-state index contributed by atoms with van der Waals surface area (Å²) in [5.41, 5.74) is 0.905. The zero-order chi connectivity index (χ0) is 24.2. The number of rotatable bonds is 7. The predicted molar refractivity (Wildman–Crippen MR) is 130 cm³/mol. The molecule has 0 atom stereocenters. The molecule has 0 bridgehead atoms. The Kier molecular flexibility index (Phi) is 7.19. The molecule has 0 radical (unpaired) electrons. The van der Waals surface area contributed by atoms with Gasteiger partial charge in [-0.3, -0.25) is 29.2 Å². The summed E-state index contributed by atoms with van der Waals surface area (Å²) in [4.78, 5) is 35.7. The summed E-state index contributed by atoms with van der Waals surface area (Å²) >= 11 is 0. The summed E-state index contributed by atoms with van der Waals surface area (Å²) in [6.07, 6.45) is 1.67. The van der Waals surface area contributed by atoms with E-state index in [4.69, 9.17) is 19.9 Å². The first-order chi connectivity index (χ1) is 17.1. The molecule has 2 saturated heterocycles. The molecule has 2 aliphatic rings. The molecular weight excluding hydrogens is 450 g/mol. The van der Waals surface area contributed by atoms with E-state index in [1.807, 2.05) is 6.07 Å². The second-order valence-corrected chi connectivity index (χ2v) is 8.81. The van der Waals surface area contributed by atoms with Crippen LogP contribution in [-0.2, 0) is 16.0 Å². The fourth-order valence-corrected chi connectivity index (χ4v) is 4.59. The van der Waals surface area contributed by atoms with Gasteiger partial charge in [-0.1, -0.05) is 6.07 Å². The van der Waals surface area contributed by atoms with E-state index in [-0.39, 0.29) is 22.5 Å². The highest BCUT2D eigenvalue weighted by atomic mass is 16.5. The molecule has 0 saturated carbocycles. The van der Waals surface area contributed by atoms with Crippen LogP contribution < -0.4 is 16.4 Å². The van der Waals surface area contributed by atoms with Crippen molar-refractivity contribution >= 4 is 22.6 Å². The number of fused-ring (bicyclic) bond motifs is 2. The van der Waals surface area contributed by atoms with E-state index in [1.165, 1.54) is 10.5 Å². The predicted octanol–water partition coefficient (Wildman–Crippen LogP) is -0.477. The third kappa shape index (κ3) is 5.13. The molecule has 5 heterocycles. The van der Waals surface area contributed by atoms with Gasteiger partial charge in [0.2, 0.25) is 0 Å². The van der Waals surface area contributed by atoms with Crippen LogP contribution in [0.3, 0.4) is 0 Å². The lowest BCUT2D eigenvalue weighted by Gasteiger charge is -2.27. The minimum absolute atomic E-state index is 0.0572. The summed E-state index contributed by atoms with van der Waals surface area (Å²) in [7, 11) is 0. The van der Waals surface area contributed by atoms with Crippen molar-refractivity contribution in [2.24, 2.45) is 0 Å². The van der Waals surface area contributed by atoms with E-state index in [0.717, 1.165) is 26.2 Å². The van der Waals surface area contributed by atoms with Crippen molar-refractivity contribution < 1.29 is 14.3 Å². The molecule has 3 aromatic rings. The zero-order valence-electron chi connectivity index (χ0n) is 19.7. The Hall–Kier alpha value is -3.12. The van der Waals surface area contributed by atoms with E-state index in [0.29, 0.717) is 69.3 Å². The van der Waals surface area contributed by atoms with Crippen molar-refractivity contribution in [3.05, 3.63) is 51.9 Å². The standard InChI is InChI=1S/C24H31N7O4/c25-21-18(23(32)26-4-6-28-9-13-34-14-10-28)17-19-22(27-20-3-1-2-5-30(20)24(19)33)31(21)8-7-29-11-15-35-16-12-29/h1-3,5,17,25H,4,6-16H2,(H,26,32). The van der Waals surface area contributed by atoms with Crippen molar-refractivity contribution in [2.75, 3.05) is 72.2 Å². The first-order valence-corrected chi connectivity index (χ1v) is 12.1. The SMILES string of the molecule is N=c1c(C(=O)NCCN2CCOCC2)cc2c(=O)n3ccccc3nc2n1CCN1CCOCC1. The molecule has 2 aliphatic heterocycles. The van der Waals surface area contributed by atoms with Gasteiger partial charge in [0.15, 0.2) is 0 Å². The quantitative estimate of drug-likeness (QED) is 0.438. The number of hydrogen-bond acceptors (Lipinski definition) is 8. The van der Waals surface area contributed by atoms with E-state index < -0.39 is 0 Å². The van der Waals surface area contributed by atoms with Gasteiger partial charge in [0.05, 0.1) is 37.4 Å². The number of nitrogens with one attached hydrogen (secondary N) is 2. The van der Waals surface area contributed by atoms with E-state index in [1.54, 1.807) is 22.9 Å². The van der Waals surface area contributed by atoms with Crippen LogP contribution in [0.15, 0.2) is 35.3 Å². The molecule has 11 nitrogen and oxygen atoms in total. The Morgan fingerprint density at radius 2 is 1.69 bits per heavy atom. The fraction of sp³-hybridized carbons (Fsp3) is 0.500. The molecule has 0 spiro atoms. The normalized spacial score (nSPS) is 17.7. The Morgan fingerprint density at radius 3 is 2.40 bits per heavy atom. The largest absolute Gasteiger partial charge is 0.379 e. The molecule has 3 aromatic heterocycles. The van der Waals surface area contributed by atoms with Crippen LogP contribution in [0.2, 0.25) is 0 Å². The van der Waals surface area contributed by atoms with Crippen molar-refractivity contribution in [3.8, 4) is 0 Å². The van der Waals surface area contributed by atoms with Crippen LogP contribution in [0.25, 0.3) is 16.7 Å². The first-order valence-electron chi connectivity index (χ1n) is 12.1. The molecule has 0 aromatic carbocycles. The second-order valence-electron chi connectivity index (χ2n) is 8.81. The molecule has 2 fully saturated rings. The van der Waals surface area contributed by atoms with Gasteiger partial charge in [0.1, 0.15) is 16.8 Å². The van der Waals surface area contributed by atoms with Gasteiger partial charge in [-0.25, -0.2) is 4.98 Å². The molecule has 186 valence electrons. The fourth-order valence-electron chi connectivity index (χ4n) is 4.59. The van der Waals surface area contributed by atoms with Gasteiger partial charge >= 0.3 is 0 Å². The maximum atomic E-state index is 13.3. The first kappa shape index (κ1) is 23.6. The van der Waals surface area contributed by atoms with Crippen LogP contribution in [0, 0.1) is 5.41 Å². The van der Waals surface area contributed by atoms with Crippen LogP contribution in [0.4, 0.5) is 0 Å².